The summed E-state index contributed by atoms with van der Waals surface area (Å²) in [5.74, 6) is 0.254. The van der Waals surface area contributed by atoms with E-state index in [2.05, 4.69) is 5.32 Å². The van der Waals surface area contributed by atoms with Crippen LogP contribution in [0.1, 0.15) is 5.56 Å². The Bertz CT molecular complexity index is 240. The smallest absolute Gasteiger partial charge is 0.120 e. The lowest BCUT2D eigenvalue weighted by Gasteiger charge is -2.03. The van der Waals surface area contributed by atoms with Crippen LogP contribution in [-0.4, -0.2) is 18.3 Å². The van der Waals surface area contributed by atoms with E-state index in [0.717, 1.165) is 5.56 Å². The van der Waals surface area contributed by atoms with Gasteiger partial charge >= 0.3 is 0 Å². The van der Waals surface area contributed by atoms with E-state index in [1.54, 1.807) is 18.2 Å². The summed E-state index contributed by atoms with van der Waals surface area (Å²) in [6.45, 7) is 0.457. The second-order valence-corrected chi connectivity index (χ2v) is 2.49. The number of hydrogen-bond acceptors (Lipinski definition) is 2. The van der Waals surface area contributed by atoms with Gasteiger partial charge in [0.15, 0.2) is 0 Å². The van der Waals surface area contributed by atoms with Gasteiger partial charge in [-0.1, -0.05) is 18.2 Å². The molecule has 3 heteroatoms. The molecule has 2 N–H and O–H groups in total. The zero-order valence-electron chi connectivity index (χ0n) is 6.76. The van der Waals surface area contributed by atoms with Crippen molar-refractivity contribution >= 4 is 0 Å². The zero-order chi connectivity index (χ0) is 8.81. The van der Waals surface area contributed by atoms with Crippen molar-refractivity contribution < 1.29 is 9.50 Å². The van der Waals surface area contributed by atoms with E-state index in [1.807, 2.05) is 6.07 Å². The van der Waals surface area contributed by atoms with Crippen LogP contribution in [0.25, 0.3) is 0 Å². The highest BCUT2D eigenvalue weighted by Crippen LogP contribution is 2.14. The Morgan fingerprint density at radius 2 is 2.08 bits per heavy atom. The number of phenolic OH excluding ortho intramolecular Hbond substituents is 1. The van der Waals surface area contributed by atoms with Gasteiger partial charge in [-0.2, -0.15) is 0 Å². The van der Waals surface area contributed by atoms with Crippen LogP contribution >= 0.6 is 0 Å². The van der Waals surface area contributed by atoms with Gasteiger partial charge in [0.2, 0.25) is 0 Å². The van der Waals surface area contributed by atoms with Crippen molar-refractivity contribution in [1.82, 2.24) is 5.32 Å². The van der Waals surface area contributed by atoms with Gasteiger partial charge in [-0.25, -0.2) is 4.39 Å². The van der Waals surface area contributed by atoms with Crippen molar-refractivity contribution in [2.24, 2.45) is 0 Å². The minimum atomic E-state index is -0.381. The molecule has 0 aliphatic carbocycles. The van der Waals surface area contributed by atoms with Crippen LogP contribution in [0.15, 0.2) is 24.3 Å². The maximum absolute atomic E-state index is 11.7. The molecule has 1 rings (SSSR count). The second-order valence-electron chi connectivity index (χ2n) is 2.49. The summed E-state index contributed by atoms with van der Waals surface area (Å²) < 4.78 is 11.7. The third-order valence-corrected chi connectivity index (χ3v) is 1.58. The monoisotopic (exact) mass is 169 g/mol. The topological polar surface area (TPSA) is 32.3 Å². The van der Waals surface area contributed by atoms with Crippen molar-refractivity contribution in [3.63, 3.8) is 0 Å². The molecular weight excluding hydrogens is 157 g/mol. The third-order valence-electron chi connectivity index (χ3n) is 1.58. The molecule has 0 saturated carbocycles. The molecule has 1 aromatic rings. The predicted molar refractivity (Wildman–Crippen MR) is 45.8 cm³/mol. The summed E-state index contributed by atoms with van der Waals surface area (Å²) >= 11 is 0. The van der Waals surface area contributed by atoms with Gasteiger partial charge in [-0.15, -0.1) is 0 Å². The largest absolute Gasteiger partial charge is 0.508 e. The Morgan fingerprint density at radius 1 is 1.33 bits per heavy atom. The summed E-state index contributed by atoms with van der Waals surface area (Å²) in [7, 11) is 0. The summed E-state index contributed by atoms with van der Waals surface area (Å²) in [6, 6.07) is 7.02. The van der Waals surface area contributed by atoms with E-state index in [9.17, 15) is 9.50 Å². The van der Waals surface area contributed by atoms with Crippen molar-refractivity contribution in [2.75, 3.05) is 13.2 Å². The highest BCUT2D eigenvalue weighted by Gasteiger charge is 1.97. The molecule has 0 amide bonds. The van der Waals surface area contributed by atoms with Crippen molar-refractivity contribution in [3.8, 4) is 5.75 Å². The summed E-state index contributed by atoms with van der Waals surface area (Å²) in [4.78, 5) is 0. The molecule has 0 aliphatic rings. The number of nitrogens with one attached hydrogen (secondary N) is 1. The Labute approximate surface area is 71.0 Å². The minimum Gasteiger partial charge on any atom is -0.508 e. The van der Waals surface area contributed by atoms with Gasteiger partial charge in [0.1, 0.15) is 12.4 Å². The molecule has 0 aliphatic heterocycles. The average molecular weight is 169 g/mol. The van der Waals surface area contributed by atoms with Crippen LogP contribution < -0.4 is 5.32 Å². The molecule has 0 bridgehead atoms. The van der Waals surface area contributed by atoms with Crippen LogP contribution in [0.3, 0.4) is 0 Å². The minimum absolute atomic E-state index is 0.254. The Hall–Kier alpha value is -1.09. The third kappa shape index (κ3) is 2.51. The molecule has 0 fully saturated rings. The van der Waals surface area contributed by atoms with E-state index in [0.29, 0.717) is 13.1 Å². The lowest BCUT2D eigenvalue weighted by molar-refractivity contribution is 0.449. The van der Waals surface area contributed by atoms with Gasteiger partial charge in [0.05, 0.1) is 0 Å². The van der Waals surface area contributed by atoms with E-state index in [1.165, 1.54) is 0 Å². The first-order valence-corrected chi connectivity index (χ1v) is 3.88. The van der Waals surface area contributed by atoms with E-state index < -0.39 is 0 Å². The highest BCUT2D eigenvalue weighted by atomic mass is 19.1. The fraction of sp³-hybridized carbons (Fsp3) is 0.333. The lowest BCUT2D eigenvalue weighted by Crippen LogP contribution is -2.15. The molecule has 0 radical (unpaired) electrons. The van der Waals surface area contributed by atoms with Gasteiger partial charge in [-0.3, -0.25) is 0 Å². The molecular formula is C9H12FNO. The first-order chi connectivity index (χ1) is 5.84. The SMILES string of the molecule is Oc1ccccc1CNCCF. The second kappa shape index (κ2) is 4.72. The quantitative estimate of drug-likeness (QED) is 0.669. The first kappa shape index (κ1) is 9.00. The number of rotatable bonds is 4. The number of aromatic hydroxyl groups is 1. The maximum Gasteiger partial charge on any atom is 0.120 e. The number of halogens is 1. The summed E-state index contributed by atoms with van der Waals surface area (Å²) in [5, 5.41) is 12.1. The van der Waals surface area contributed by atoms with Crippen LogP contribution in [-0.2, 0) is 6.54 Å². The van der Waals surface area contributed by atoms with Gasteiger partial charge in [-0.05, 0) is 6.07 Å². The average Bonchev–Trinajstić information content (AvgIpc) is 2.09. The molecule has 12 heavy (non-hydrogen) atoms. The summed E-state index contributed by atoms with van der Waals surface area (Å²) in [5.41, 5.74) is 0.797. The molecule has 0 unspecified atom stereocenters. The zero-order valence-corrected chi connectivity index (χ0v) is 6.76. The van der Waals surface area contributed by atoms with Gasteiger partial charge in [0, 0.05) is 18.7 Å². The van der Waals surface area contributed by atoms with E-state index >= 15 is 0 Å². The molecule has 0 spiro atoms. The molecule has 0 saturated heterocycles. The van der Waals surface area contributed by atoms with Crippen molar-refractivity contribution in [2.45, 2.75) is 6.54 Å². The normalized spacial score (nSPS) is 10.1. The van der Waals surface area contributed by atoms with Crippen LogP contribution in [0.4, 0.5) is 4.39 Å². The Balaban J connectivity index is 2.46. The molecule has 2 nitrogen and oxygen atoms in total. The number of hydrogen-bond donors (Lipinski definition) is 2. The molecule has 0 heterocycles. The van der Waals surface area contributed by atoms with Crippen molar-refractivity contribution in [1.29, 1.82) is 0 Å². The van der Waals surface area contributed by atoms with Crippen molar-refractivity contribution in [3.05, 3.63) is 29.8 Å². The fourth-order valence-electron chi connectivity index (χ4n) is 0.950. The highest BCUT2D eigenvalue weighted by molar-refractivity contribution is 5.31. The maximum atomic E-state index is 11.7. The lowest BCUT2D eigenvalue weighted by atomic mass is 10.2. The van der Waals surface area contributed by atoms with Gasteiger partial charge < -0.3 is 10.4 Å². The van der Waals surface area contributed by atoms with Gasteiger partial charge in [0.25, 0.3) is 0 Å². The molecule has 1 aromatic carbocycles. The van der Waals surface area contributed by atoms with Crippen LogP contribution in [0.5, 0.6) is 5.75 Å². The molecule has 66 valence electrons. The fourth-order valence-corrected chi connectivity index (χ4v) is 0.950. The summed E-state index contributed by atoms with van der Waals surface area (Å²) in [6.07, 6.45) is 0. The number of benzene rings is 1. The molecule has 0 aromatic heterocycles. The van der Waals surface area contributed by atoms with Crippen LogP contribution in [0.2, 0.25) is 0 Å². The number of alkyl halides is 1. The molecule has 0 atom stereocenters. The predicted octanol–water partition coefficient (Wildman–Crippen LogP) is 1.45. The van der Waals surface area contributed by atoms with E-state index in [-0.39, 0.29) is 12.4 Å². The van der Waals surface area contributed by atoms with E-state index in [4.69, 9.17) is 0 Å². The standard InChI is InChI=1S/C9H12FNO/c10-5-6-11-7-8-3-1-2-4-9(8)12/h1-4,11-12H,5-7H2. The number of para-hydroxylation sites is 1. The van der Waals surface area contributed by atoms with Crippen LogP contribution in [0, 0.1) is 0 Å². The number of phenols is 1. The Morgan fingerprint density at radius 3 is 2.75 bits per heavy atom. The first-order valence-electron chi connectivity index (χ1n) is 3.88. The Kier molecular flexibility index (Phi) is 3.54.